The van der Waals surface area contributed by atoms with Crippen molar-refractivity contribution < 1.29 is 14.3 Å². The molecule has 0 aliphatic heterocycles. The third kappa shape index (κ3) is 5.72. The predicted molar refractivity (Wildman–Crippen MR) is 108 cm³/mol. The highest BCUT2D eigenvalue weighted by Crippen LogP contribution is 2.24. The van der Waals surface area contributed by atoms with Crippen LogP contribution in [0.5, 0.6) is 0 Å². The van der Waals surface area contributed by atoms with Gasteiger partial charge in [-0.15, -0.1) is 0 Å². The molecule has 1 aromatic heterocycles. The highest BCUT2D eigenvalue weighted by atomic mass is 35.5. The van der Waals surface area contributed by atoms with Crippen molar-refractivity contribution in [2.45, 2.75) is 31.8 Å². The Morgan fingerprint density at radius 2 is 2.14 bits per heavy atom. The first kappa shape index (κ1) is 21.7. The summed E-state index contributed by atoms with van der Waals surface area (Å²) in [6, 6.07) is 10.5. The second-order valence-electron chi connectivity index (χ2n) is 5.94. The molecular weight excluding hydrogens is 398 g/mol. The van der Waals surface area contributed by atoms with Gasteiger partial charge in [0.15, 0.2) is 0 Å². The van der Waals surface area contributed by atoms with E-state index in [9.17, 15) is 14.9 Å². The van der Waals surface area contributed by atoms with E-state index < -0.39 is 5.97 Å². The number of thioether (sulfide) groups is 1. The number of carbonyl (C=O) groups excluding carboxylic acids is 2. The first-order chi connectivity index (χ1) is 13.3. The maximum Gasteiger partial charge on any atom is 0.340 e. The molecule has 1 aromatic carbocycles. The Labute approximate surface area is 173 Å². The number of hydrogen-bond acceptors (Lipinski definition) is 6. The molecule has 0 saturated heterocycles. The number of halogens is 1. The van der Waals surface area contributed by atoms with E-state index in [0.717, 1.165) is 17.3 Å². The third-order valence-corrected chi connectivity index (χ3v) is 5.09. The number of nitriles is 1. The molecule has 0 saturated carbocycles. The number of ether oxygens (including phenoxy) is 1. The minimum atomic E-state index is -0.520. The van der Waals surface area contributed by atoms with E-state index in [-0.39, 0.29) is 35.4 Å². The van der Waals surface area contributed by atoms with Gasteiger partial charge < -0.3 is 10.1 Å². The molecule has 0 bridgehead atoms. The average Bonchev–Trinajstić information content (AvgIpc) is 2.66. The lowest BCUT2D eigenvalue weighted by molar-refractivity contribution is -0.119. The Hall–Kier alpha value is -2.56. The molecule has 8 heteroatoms. The van der Waals surface area contributed by atoms with Crippen molar-refractivity contribution in [3.05, 3.63) is 57.7 Å². The molecule has 1 heterocycles. The van der Waals surface area contributed by atoms with Crippen LogP contribution >= 0.6 is 23.4 Å². The molecule has 1 N–H and O–H groups in total. The summed E-state index contributed by atoms with van der Waals surface area (Å²) in [7, 11) is 0. The van der Waals surface area contributed by atoms with Gasteiger partial charge in [-0.25, -0.2) is 9.78 Å². The van der Waals surface area contributed by atoms with Crippen molar-refractivity contribution >= 4 is 35.2 Å². The molecule has 0 spiro atoms. The quantitative estimate of drug-likeness (QED) is 0.539. The van der Waals surface area contributed by atoms with Crippen LogP contribution in [0.25, 0.3) is 0 Å². The van der Waals surface area contributed by atoms with E-state index in [4.69, 9.17) is 16.3 Å². The van der Waals surface area contributed by atoms with Crippen LogP contribution in [0.4, 0.5) is 0 Å². The maximum absolute atomic E-state index is 12.3. The van der Waals surface area contributed by atoms with Gasteiger partial charge in [0.2, 0.25) is 5.91 Å². The van der Waals surface area contributed by atoms with Crippen molar-refractivity contribution in [3.8, 4) is 6.07 Å². The number of amides is 1. The number of hydrogen-bond donors (Lipinski definition) is 1. The van der Waals surface area contributed by atoms with Gasteiger partial charge in [0, 0.05) is 5.02 Å². The fraction of sp³-hybridized carbons (Fsp3) is 0.300. The highest BCUT2D eigenvalue weighted by molar-refractivity contribution is 8.00. The Bertz CT molecular complexity index is 927. The summed E-state index contributed by atoms with van der Waals surface area (Å²) in [4.78, 5) is 28.5. The fourth-order valence-electron chi connectivity index (χ4n) is 2.47. The first-order valence-electron chi connectivity index (χ1n) is 8.62. The Kier molecular flexibility index (Phi) is 7.85. The van der Waals surface area contributed by atoms with Crippen LogP contribution in [0, 0.1) is 18.3 Å². The molecule has 6 nitrogen and oxygen atoms in total. The summed E-state index contributed by atoms with van der Waals surface area (Å²) in [5.74, 6) is -0.631. The molecule has 2 rings (SSSR count). The number of nitrogens with zero attached hydrogens (tertiary/aromatic N) is 2. The van der Waals surface area contributed by atoms with Crippen LogP contribution in [-0.2, 0) is 9.53 Å². The standard InChI is InChI=1S/C20H20ClN3O3S/c1-4-27-20(26)17-9-15(10-22)19(24-13(17)3)28-11-18(25)23-12(2)14-6-5-7-16(21)8-14/h5-9,12H,4,11H2,1-3H3,(H,23,25)/t12-/m1/s1. The number of rotatable bonds is 7. The van der Waals surface area contributed by atoms with E-state index >= 15 is 0 Å². The maximum atomic E-state index is 12.3. The first-order valence-corrected chi connectivity index (χ1v) is 9.98. The van der Waals surface area contributed by atoms with Crippen molar-refractivity contribution in [2.24, 2.45) is 0 Å². The van der Waals surface area contributed by atoms with Gasteiger partial charge in [0.1, 0.15) is 11.1 Å². The van der Waals surface area contributed by atoms with Gasteiger partial charge in [-0.2, -0.15) is 5.26 Å². The molecule has 146 valence electrons. The second-order valence-corrected chi connectivity index (χ2v) is 7.34. The largest absolute Gasteiger partial charge is 0.462 e. The van der Waals surface area contributed by atoms with Crippen molar-refractivity contribution in [3.63, 3.8) is 0 Å². The van der Waals surface area contributed by atoms with Crippen molar-refractivity contribution in [1.82, 2.24) is 10.3 Å². The van der Waals surface area contributed by atoms with Gasteiger partial charge in [-0.05, 0) is 44.5 Å². The zero-order valence-electron chi connectivity index (χ0n) is 15.8. The minimum Gasteiger partial charge on any atom is -0.462 e. The number of aromatic nitrogens is 1. The zero-order chi connectivity index (χ0) is 20.7. The molecule has 0 aliphatic rings. The summed E-state index contributed by atoms with van der Waals surface area (Å²) in [5, 5.41) is 13.3. The van der Waals surface area contributed by atoms with Crippen LogP contribution in [0.2, 0.25) is 5.02 Å². The van der Waals surface area contributed by atoms with Gasteiger partial charge in [-0.1, -0.05) is 35.5 Å². The lowest BCUT2D eigenvalue weighted by Gasteiger charge is -2.15. The number of esters is 1. The number of carbonyl (C=O) groups is 2. The Balaban J connectivity index is 2.05. The molecule has 0 radical (unpaired) electrons. The fourth-order valence-corrected chi connectivity index (χ4v) is 3.48. The van der Waals surface area contributed by atoms with Crippen molar-refractivity contribution in [2.75, 3.05) is 12.4 Å². The third-order valence-electron chi connectivity index (χ3n) is 3.86. The molecule has 0 unspecified atom stereocenters. The molecule has 1 atom stereocenters. The van der Waals surface area contributed by atoms with Crippen molar-refractivity contribution in [1.29, 1.82) is 5.26 Å². The Morgan fingerprint density at radius 3 is 2.79 bits per heavy atom. The Morgan fingerprint density at radius 1 is 1.39 bits per heavy atom. The van der Waals surface area contributed by atoms with Crippen LogP contribution in [0.15, 0.2) is 35.4 Å². The summed E-state index contributed by atoms with van der Waals surface area (Å²) < 4.78 is 4.97. The van der Waals surface area contributed by atoms with Gasteiger partial charge in [-0.3, -0.25) is 4.79 Å². The topological polar surface area (TPSA) is 92.1 Å². The average molecular weight is 418 g/mol. The van der Waals surface area contributed by atoms with Crippen LogP contribution in [-0.4, -0.2) is 29.2 Å². The van der Waals surface area contributed by atoms with Gasteiger partial charge in [0.05, 0.1) is 35.2 Å². The summed E-state index contributed by atoms with van der Waals surface area (Å²) >= 11 is 7.13. The predicted octanol–water partition coefficient (Wildman–Crippen LogP) is 4.06. The van der Waals surface area contributed by atoms with E-state index in [2.05, 4.69) is 10.3 Å². The van der Waals surface area contributed by atoms with Crippen LogP contribution < -0.4 is 5.32 Å². The van der Waals surface area contributed by atoms with E-state index in [1.807, 2.05) is 25.1 Å². The molecule has 28 heavy (non-hydrogen) atoms. The summed E-state index contributed by atoms with van der Waals surface area (Å²) in [6.45, 7) is 5.48. The second kappa shape index (κ2) is 10.1. The van der Waals surface area contributed by atoms with E-state index in [0.29, 0.717) is 15.7 Å². The SMILES string of the molecule is CCOC(=O)c1cc(C#N)c(SCC(=O)N[C@H](C)c2cccc(Cl)c2)nc1C. The minimum absolute atomic E-state index is 0.0881. The summed E-state index contributed by atoms with van der Waals surface area (Å²) in [5.41, 5.74) is 1.83. The molecular formula is C20H20ClN3O3S. The zero-order valence-corrected chi connectivity index (χ0v) is 17.4. The molecule has 0 aliphatic carbocycles. The molecule has 1 amide bonds. The van der Waals surface area contributed by atoms with Crippen LogP contribution in [0.3, 0.4) is 0 Å². The lowest BCUT2D eigenvalue weighted by atomic mass is 10.1. The normalized spacial score (nSPS) is 11.4. The smallest absolute Gasteiger partial charge is 0.340 e. The van der Waals surface area contributed by atoms with Gasteiger partial charge in [0.25, 0.3) is 0 Å². The van der Waals surface area contributed by atoms with E-state index in [1.54, 1.807) is 26.0 Å². The highest BCUT2D eigenvalue weighted by Gasteiger charge is 2.17. The number of pyridine rings is 1. The molecule has 2 aromatic rings. The molecule has 0 fully saturated rings. The number of nitrogens with one attached hydrogen (secondary N) is 1. The van der Waals surface area contributed by atoms with Gasteiger partial charge >= 0.3 is 5.97 Å². The lowest BCUT2D eigenvalue weighted by Crippen LogP contribution is -2.28. The number of aryl methyl sites for hydroxylation is 1. The number of benzene rings is 1. The monoisotopic (exact) mass is 417 g/mol. The van der Waals surface area contributed by atoms with Crippen LogP contribution in [0.1, 0.15) is 47.1 Å². The van der Waals surface area contributed by atoms with E-state index in [1.165, 1.54) is 6.07 Å². The summed E-state index contributed by atoms with van der Waals surface area (Å²) in [6.07, 6.45) is 0.